The standard InChI is InChI=1S/C19H22FNO3/c1-4-6-14-15(20)8-7-12-13-9-10-24-19(5-2,11-16(22)23-3)18(13)21-17(12)14/h4,7-8,21H,1,5-6,9-11H2,2-3H3. The summed E-state index contributed by atoms with van der Waals surface area (Å²) in [6.45, 7) is 6.22. The Morgan fingerprint density at radius 3 is 3.00 bits per heavy atom. The largest absolute Gasteiger partial charge is 0.469 e. The number of esters is 1. The van der Waals surface area contributed by atoms with E-state index in [1.54, 1.807) is 12.1 Å². The molecule has 2 heterocycles. The van der Waals surface area contributed by atoms with Crippen LogP contribution in [-0.4, -0.2) is 24.7 Å². The number of aromatic amines is 1. The molecule has 0 saturated heterocycles. The van der Waals surface area contributed by atoms with Gasteiger partial charge in [-0.3, -0.25) is 4.79 Å². The second-order valence-corrected chi connectivity index (χ2v) is 6.12. The number of carbonyl (C=O) groups is 1. The predicted molar refractivity (Wildman–Crippen MR) is 90.4 cm³/mol. The van der Waals surface area contributed by atoms with Crippen LogP contribution in [0.3, 0.4) is 0 Å². The van der Waals surface area contributed by atoms with Gasteiger partial charge < -0.3 is 14.5 Å². The van der Waals surface area contributed by atoms with Gasteiger partial charge in [0.1, 0.15) is 11.4 Å². The van der Waals surface area contributed by atoms with Gasteiger partial charge >= 0.3 is 5.97 Å². The molecule has 0 saturated carbocycles. The van der Waals surface area contributed by atoms with Crippen LogP contribution in [0.25, 0.3) is 10.9 Å². The maximum Gasteiger partial charge on any atom is 0.308 e. The molecule has 0 radical (unpaired) electrons. The minimum absolute atomic E-state index is 0.138. The number of hydrogen-bond donors (Lipinski definition) is 1. The molecular formula is C19H22FNO3. The highest BCUT2D eigenvalue weighted by molar-refractivity contribution is 5.88. The molecule has 1 N–H and O–H groups in total. The van der Waals surface area contributed by atoms with Gasteiger partial charge in [0, 0.05) is 10.9 Å². The molecule has 1 aliphatic rings. The molecule has 1 atom stereocenters. The van der Waals surface area contributed by atoms with Crippen LogP contribution in [0.15, 0.2) is 24.8 Å². The van der Waals surface area contributed by atoms with Gasteiger partial charge in [0.25, 0.3) is 0 Å². The van der Waals surface area contributed by atoms with Crippen LogP contribution in [0.5, 0.6) is 0 Å². The van der Waals surface area contributed by atoms with Crippen molar-refractivity contribution in [2.24, 2.45) is 0 Å². The van der Waals surface area contributed by atoms with Crippen LogP contribution in [0.1, 0.15) is 36.6 Å². The van der Waals surface area contributed by atoms with Crippen molar-refractivity contribution in [1.82, 2.24) is 4.98 Å². The normalized spacial score (nSPS) is 20.0. The number of allylic oxidation sites excluding steroid dienone is 1. The number of aromatic nitrogens is 1. The van der Waals surface area contributed by atoms with Crippen LogP contribution in [0, 0.1) is 5.82 Å². The van der Waals surface area contributed by atoms with Crippen molar-refractivity contribution in [3.05, 3.63) is 47.4 Å². The number of fused-ring (bicyclic) bond motifs is 3. The average molecular weight is 331 g/mol. The molecule has 2 aromatic rings. The summed E-state index contributed by atoms with van der Waals surface area (Å²) in [6.07, 6.45) is 3.63. The number of nitrogens with one attached hydrogen (secondary N) is 1. The third kappa shape index (κ3) is 2.53. The maximum atomic E-state index is 14.2. The molecule has 1 aromatic heterocycles. The fraction of sp³-hybridized carbons (Fsp3) is 0.421. The van der Waals surface area contributed by atoms with E-state index in [1.165, 1.54) is 13.2 Å². The molecular weight excluding hydrogens is 309 g/mol. The highest BCUT2D eigenvalue weighted by Crippen LogP contribution is 2.42. The average Bonchev–Trinajstić information content (AvgIpc) is 2.97. The number of halogens is 1. The Bertz CT molecular complexity index is 795. The van der Waals surface area contributed by atoms with Crippen LogP contribution in [-0.2, 0) is 32.7 Å². The lowest BCUT2D eigenvalue weighted by atomic mass is 9.86. The number of hydrogen-bond acceptors (Lipinski definition) is 3. The molecule has 1 unspecified atom stereocenters. The Morgan fingerprint density at radius 2 is 2.33 bits per heavy atom. The summed E-state index contributed by atoms with van der Waals surface area (Å²) in [5, 5.41) is 0.995. The van der Waals surface area contributed by atoms with E-state index in [0.717, 1.165) is 28.6 Å². The van der Waals surface area contributed by atoms with E-state index in [2.05, 4.69) is 11.6 Å². The summed E-state index contributed by atoms with van der Waals surface area (Å²) < 4.78 is 25.1. The van der Waals surface area contributed by atoms with Crippen LogP contribution < -0.4 is 0 Å². The molecule has 1 aliphatic heterocycles. The van der Waals surface area contributed by atoms with Crippen molar-refractivity contribution in [3.8, 4) is 0 Å². The van der Waals surface area contributed by atoms with Crippen molar-refractivity contribution < 1.29 is 18.7 Å². The Kier molecular flexibility index (Phi) is 4.45. The van der Waals surface area contributed by atoms with Gasteiger partial charge in [-0.05, 0) is 37.0 Å². The number of ether oxygens (including phenoxy) is 2. The number of methoxy groups -OCH3 is 1. The van der Waals surface area contributed by atoms with E-state index < -0.39 is 5.60 Å². The smallest absolute Gasteiger partial charge is 0.308 e. The van der Waals surface area contributed by atoms with Gasteiger partial charge in [-0.2, -0.15) is 0 Å². The van der Waals surface area contributed by atoms with Gasteiger partial charge in [0.05, 0.1) is 31.3 Å². The molecule has 5 heteroatoms. The number of carbonyl (C=O) groups excluding carboxylic acids is 1. The third-order valence-electron chi connectivity index (χ3n) is 4.90. The van der Waals surface area contributed by atoms with E-state index in [9.17, 15) is 9.18 Å². The van der Waals surface area contributed by atoms with Crippen LogP contribution in [0.4, 0.5) is 4.39 Å². The summed E-state index contributed by atoms with van der Waals surface area (Å²) in [5.74, 6) is -0.571. The Hall–Kier alpha value is -2.14. The van der Waals surface area contributed by atoms with Crippen molar-refractivity contribution in [1.29, 1.82) is 0 Å². The highest BCUT2D eigenvalue weighted by atomic mass is 19.1. The van der Waals surface area contributed by atoms with Crippen molar-refractivity contribution >= 4 is 16.9 Å². The highest BCUT2D eigenvalue weighted by Gasteiger charge is 2.41. The minimum Gasteiger partial charge on any atom is -0.469 e. The molecule has 0 amide bonds. The zero-order valence-electron chi connectivity index (χ0n) is 14.1. The van der Waals surface area contributed by atoms with Gasteiger partial charge in [-0.15, -0.1) is 6.58 Å². The zero-order chi connectivity index (χ0) is 17.3. The lowest BCUT2D eigenvalue weighted by molar-refractivity contribution is -0.152. The van der Waals surface area contributed by atoms with E-state index in [-0.39, 0.29) is 18.2 Å². The van der Waals surface area contributed by atoms with E-state index >= 15 is 0 Å². The summed E-state index contributed by atoms with van der Waals surface area (Å²) in [4.78, 5) is 15.3. The molecule has 128 valence electrons. The number of benzene rings is 1. The first-order valence-corrected chi connectivity index (χ1v) is 8.20. The van der Waals surface area contributed by atoms with Gasteiger partial charge in [0.15, 0.2) is 0 Å². The fourth-order valence-corrected chi connectivity index (χ4v) is 3.61. The lowest BCUT2D eigenvalue weighted by Gasteiger charge is -2.35. The van der Waals surface area contributed by atoms with Crippen LogP contribution in [0.2, 0.25) is 0 Å². The quantitative estimate of drug-likeness (QED) is 0.670. The van der Waals surface area contributed by atoms with Crippen molar-refractivity contribution in [2.75, 3.05) is 13.7 Å². The van der Waals surface area contributed by atoms with Crippen molar-refractivity contribution in [2.45, 2.75) is 38.2 Å². The zero-order valence-corrected chi connectivity index (χ0v) is 14.1. The van der Waals surface area contributed by atoms with Gasteiger partial charge in [-0.25, -0.2) is 4.39 Å². The van der Waals surface area contributed by atoms with E-state index in [1.807, 2.05) is 6.92 Å². The number of H-pyrrole nitrogens is 1. The molecule has 3 rings (SSSR count). The topological polar surface area (TPSA) is 51.3 Å². The molecule has 0 bridgehead atoms. The Labute approximate surface area is 140 Å². The van der Waals surface area contributed by atoms with E-state index in [4.69, 9.17) is 9.47 Å². The Morgan fingerprint density at radius 1 is 1.54 bits per heavy atom. The fourth-order valence-electron chi connectivity index (χ4n) is 3.61. The van der Waals surface area contributed by atoms with Gasteiger partial charge in [0.2, 0.25) is 0 Å². The predicted octanol–water partition coefficient (Wildman–Crippen LogP) is 3.78. The summed E-state index contributed by atoms with van der Waals surface area (Å²) in [6, 6.07) is 3.30. The molecule has 0 spiro atoms. The van der Waals surface area contributed by atoms with E-state index in [0.29, 0.717) is 25.0 Å². The van der Waals surface area contributed by atoms with Crippen LogP contribution >= 0.6 is 0 Å². The molecule has 0 aliphatic carbocycles. The Balaban J connectivity index is 2.22. The first-order chi connectivity index (χ1) is 11.6. The number of rotatable bonds is 5. The minimum atomic E-state index is -0.748. The molecule has 4 nitrogen and oxygen atoms in total. The lowest BCUT2D eigenvalue weighted by Crippen LogP contribution is -2.37. The maximum absolute atomic E-state index is 14.2. The van der Waals surface area contributed by atoms with Gasteiger partial charge in [-0.1, -0.05) is 13.0 Å². The molecule has 0 fully saturated rings. The second kappa shape index (κ2) is 6.40. The SMILES string of the molecule is C=CCc1c(F)ccc2c3c([nH]c12)C(CC)(CC(=O)OC)OCC3. The summed E-state index contributed by atoms with van der Waals surface area (Å²) in [7, 11) is 1.37. The van der Waals surface area contributed by atoms with Crippen molar-refractivity contribution in [3.63, 3.8) is 0 Å². The second-order valence-electron chi connectivity index (χ2n) is 6.12. The molecule has 1 aromatic carbocycles. The third-order valence-corrected chi connectivity index (χ3v) is 4.90. The monoisotopic (exact) mass is 331 g/mol. The summed E-state index contributed by atoms with van der Waals surface area (Å²) >= 11 is 0. The summed E-state index contributed by atoms with van der Waals surface area (Å²) in [5.41, 5.74) is 2.59. The first kappa shape index (κ1) is 16.7. The first-order valence-electron chi connectivity index (χ1n) is 8.20. The molecule has 24 heavy (non-hydrogen) atoms.